The number of rotatable bonds is 4. The normalized spacial score (nSPS) is 10.6. The van der Waals surface area contributed by atoms with Gasteiger partial charge in [0.15, 0.2) is 0 Å². The van der Waals surface area contributed by atoms with Gasteiger partial charge in [-0.2, -0.15) is 5.10 Å². The summed E-state index contributed by atoms with van der Waals surface area (Å²) in [6.45, 7) is 2.01. The van der Waals surface area contributed by atoms with Gasteiger partial charge in [-0.25, -0.2) is 0 Å². The number of hydrogen-bond acceptors (Lipinski definition) is 3. The van der Waals surface area contributed by atoms with Gasteiger partial charge in [-0.1, -0.05) is 30.7 Å². The molecule has 0 aliphatic rings. The fraction of sp³-hybridized carbons (Fsp3) is 0.125. The molecule has 2 aromatic heterocycles. The zero-order valence-corrected chi connectivity index (χ0v) is 13.5. The van der Waals surface area contributed by atoms with E-state index in [0.29, 0.717) is 10.6 Å². The third-order valence-electron chi connectivity index (χ3n) is 3.27. The van der Waals surface area contributed by atoms with Crippen LogP contribution in [-0.2, 0) is 6.42 Å². The standard InChI is InChI=1S/C16H14ClN3OS/c1-2-12-14(15(20-19-12)13-7-4-8-22-13)18-16(21)10-5-3-6-11(17)9-10/h3-9H,2H2,1H3,(H,18,21)(H,19,20). The predicted molar refractivity (Wildman–Crippen MR) is 90.7 cm³/mol. The summed E-state index contributed by atoms with van der Waals surface area (Å²) in [6.07, 6.45) is 0.754. The molecule has 0 spiro atoms. The Morgan fingerprint density at radius 2 is 2.23 bits per heavy atom. The molecule has 22 heavy (non-hydrogen) atoms. The van der Waals surface area contributed by atoms with E-state index in [9.17, 15) is 4.79 Å². The molecule has 2 heterocycles. The lowest BCUT2D eigenvalue weighted by molar-refractivity contribution is 0.102. The summed E-state index contributed by atoms with van der Waals surface area (Å²) in [5.74, 6) is -0.198. The van der Waals surface area contributed by atoms with E-state index in [-0.39, 0.29) is 5.91 Å². The number of benzene rings is 1. The number of halogens is 1. The molecule has 0 aliphatic carbocycles. The van der Waals surface area contributed by atoms with Gasteiger partial charge in [0, 0.05) is 10.6 Å². The first-order valence-electron chi connectivity index (χ1n) is 6.87. The molecule has 2 N–H and O–H groups in total. The Kier molecular flexibility index (Phi) is 4.27. The quantitative estimate of drug-likeness (QED) is 0.733. The summed E-state index contributed by atoms with van der Waals surface area (Å²) in [5, 5.41) is 12.8. The molecule has 0 aliphatic heterocycles. The van der Waals surface area contributed by atoms with Crippen molar-refractivity contribution in [2.45, 2.75) is 13.3 Å². The smallest absolute Gasteiger partial charge is 0.255 e. The minimum Gasteiger partial charge on any atom is -0.319 e. The van der Waals surface area contributed by atoms with Crippen LogP contribution in [0.25, 0.3) is 10.6 Å². The number of carbonyl (C=O) groups is 1. The number of amides is 1. The van der Waals surface area contributed by atoms with Crippen LogP contribution in [0.4, 0.5) is 5.69 Å². The van der Waals surface area contributed by atoms with E-state index in [4.69, 9.17) is 11.6 Å². The highest BCUT2D eigenvalue weighted by Crippen LogP contribution is 2.32. The molecule has 0 bridgehead atoms. The number of nitrogens with zero attached hydrogens (tertiary/aromatic N) is 1. The molecule has 0 saturated heterocycles. The zero-order valence-electron chi connectivity index (χ0n) is 11.9. The lowest BCUT2D eigenvalue weighted by Crippen LogP contribution is -2.13. The summed E-state index contributed by atoms with van der Waals surface area (Å²) in [7, 11) is 0. The van der Waals surface area contributed by atoms with Crippen LogP contribution >= 0.6 is 22.9 Å². The van der Waals surface area contributed by atoms with Crippen molar-refractivity contribution >= 4 is 34.5 Å². The maximum absolute atomic E-state index is 12.4. The second-order valence-corrected chi connectivity index (χ2v) is 6.11. The molecule has 0 saturated carbocycles. The Balaban J connectivity index is 1.94. The van der Waals surface area contributed by atoms with Crippen LogP contribution in [0.3, 0.4) is 0 Å². The maximum Gasteiger partial charge on any atom is 0.255 e. The van der Waals surface area contributed by atoms with Gasteiger partial charge in [0.05, 0.1) is 16.3 Å². The van der Waals surface area contributed by atoms with Gasteiger partial charge in [0.1, 0.15) is 5.69 Å². The summed E-state index contributed by atoms with van der Waals surface area (Å²) < 4.78 is 0. The van der Waals surface area contributed by atoms with Gasteiger partial charge in [-0.15, -0.1) is 11.3 Å². The number of aromatic nitrogens is 2. The van der Waals surface area contributed by atoms with Crippen molar-refractivity contribution in [2.24, 2.45) is 0 Å². The minimum atomic E-state index is -0.198. The van der Waals surface area contributed by atoms with Crippen molar-refractivity contribution in [1.82, 2.24) is 10.2 Å². The van der Waals surface area contributed by atoms with Crippen LogP contribution < -0.4 is 5.32 Å². The van der Waals surface area contributed by atoms with E-state index in [0.717, 1.165) is 28.4 Å². The average molecular weight is 332 g/mol. The molecule has 1 aromatic carbocycles. The molecule has 3 rings (SSSR count). The van der Waals surface area contributed by atoms with E-state index in [1.807, 2.05) is 24.4 Å². The lowest BCUT2D eigenvalue weighted by Gasteiger charge is -2.07. The molecular formula is C16H14ClN3OS. The van der Waals surface area contributed by atoms with E-state index >= 15 is 0 Å². The molecule has 0 radical (unpaired) electrons. The van der Waals surface area contributed by atoms with Crippen molar-refractivity contribution in [3.8, 4) is 10.6 Å². The molecule has 112 valence electrons. The van der Waals surface area contributed by atoms with E-state index in [1.165, 1.54) is 0 Å². The van der Waals surface area contributed by atoms with Crippen molar-refractivity contribution in [2.75, 3.05) is 5.32 Å². The van der Waals surface area contributed by atoms with Crippen molar-refractivity contribution in [3.05, 3.63) is 58.1 Å². The largest absolute Gasteiger partial charge is 0.319 e. The van der Waals surface area contributed by atoms with Gasteiger partial charge in [-0.05, 0) is 36.1 Å². The molecule has 0 atom stereocenters. The van der Waals surface area contributed by atoms with Gasteiger partial charge in [0.25, 0.3) is 5.91 Å². The van der Waals surface area contributed by atoms with Gasteiger partial charge < -0.3 is 5.32 Å². The summed E-state index contributed by atoms with van der Waals surface area (Å²) in [4.78, 5) is 13.5. The Morgan fingerprint density at radius 3 is 2.91 bits per heavy atom. The first kappa shape index (κ1) is 14.8. The summed E-state index contributed by atoms with van der Waals surface area (Å²) in [5.41, 5.74) is 2.92. The molecule has 3 aromatic rings. The number of thiophene rings is 1. The van der Waals surface area contributed by atoms with Gasteiger partial charge >= 0.3 is 0 Å². The molecule has 1 amide bonds. The Hall–Kier alpha value is -2.11. The Labute approximate surface area is 137 Å². The van der Waals surface area contributed by atoms with Gasteiger partial charge in [-0.3, -0.25) is 9.89 Å². The summed E-state index contributed by atoms with van der Waals surface area (Å²) >= 11 is 7.53. The van der Waals surface area contributed by atoms with E-state index in [1.54, 1.807) is 35.6 Å². The first-order chi connectivity index (χ1) is 10.7. The van der Waals surface area contributed by atoms with Crippen LogP contribution in [0, 0.1) is 0 Å². The Bertz CT molecular complexity index is 796. The number of aromatic amines is 1. The van der Waals surface area contributed by atoms with Crippen molar-refractivity contribution < 1.29 is 4.79 Å². The van der Waals surface area contributed by atoms with Gasteiger partial charge in [0.2, 0.25) is 0 Å². The van der Waals surface area contributed by atoms with E-state index in [2.05, 4.69) is 15.5 Å². The molecule has 4 nitrogen and oxygen atoms in total. The molecular weight excluding hydrogens is 318 g/mol. The molecule has 0 unspecified atom stereocenters. The maximum atomic E-state index is 12.4. The van der Waals surface area contributed by atoms with Crippen LogP contribution in [-0.4, -0.2) is 16.1 Å². The number of aryl methyl sites for hydroxylation is 1. The molecule has 6 heteroatoms. The van der Waals surface area contributed by atoms with E-state index < -0.39 is 0 Å². The lowest BCUT2D eigenvalue weighted by atomic mass is 10.2. The first-order valence-corrected chi connectivity index (χ1v) is 8.13. The average Bonchev–Trinajstić information content (AvgIpc) is 3.16. The SMILES string of the molecule is CCc1[nH]nc(-c2cccs2)c1NC(=O)c1cccc(Cl)c1. The van der Waals surface area contributed by atoms with Crippen LogP contribution in [0.1, 0.15) is 23.0 Å². The van der Waals surface area contributed by atoms with Crippen LogP contribution in [0.15, 0.2) is 41.8 Å². The van der Waals surface area contributed by atoms with Crippen molar-refractivity contribution in [1.29, 1.82) is 0 Å². The van der Waals surface area contributed by atoms with Crippen molar-refractivity contribution in [3.63, 3.8) is 0 Å². The zero-order chi connectivity index (χ0) is 15.5. The number of carbonyl (C=O) groups excluding carboxylic acids is 1. The highest BCUT2D eigenvalue weighted by atomic mass is 35.5. The van der Waals surface area contributed by atoms with Crippen LogP contribution in [0.5, 0.6) is 0 Å². The van der Waals surface area contributed by atoms with Crippen LogP contribution in [0.2, 0.25) is 5.02 Å². The third kappa shape index (κ3) is 2.91. The number of hydrogen-bond donors (Lipinski definition) is 2. The number of H-pyrrole nitrogens is 1. The second kappa shape index (κ2) is 6.34. The second-order valence-electron chi connectivity index (χ2n) is 4.72. The summed E-state index contributed by atoms with van der Waals surface area (Å²) in [6, 6.07) is 10.8. The fourth-order valence-electron chi connectivity index (χ4n) is 2.18. The third-order valence-corrected chi connectivity index (χ3v) is 4.39. The fourth-order valence-corrected chi connectivity index (χ4v) is 3.09. The highest BCUT2D eigenvalue weighted by Gasteiger charge is 2.17. The Morgan fingerprint density at radius 1 is 1.36 bits per heavy atom. The number of nitrogens with one attached hydrogen (secondary N) is 2. The highest BCUT2D eigenvalue weighted by molar-refractivity contribution is 7.13. The molecule has 0 fully saturated rings. The monoisotopic (exact) mass is 331 g/mol. The number of anilines is 1. The minimum absolute atomic E-state index is 0.198. The predicted octanol–water partition coefficient (Wildman–Crippen LogP) is 4.61. The topological polar surface area (TPSA) is 57.8 Å².